The SMILES string of the molecule is CC(CO)CC=C(c1ccc(O)cc1)c1ccc(O)cc1. The highest BCUT2D eigenvalue weighted by Gasteiger charge is 2.07. The third-order valence-electron chi connectivity index (χ3n) is 3.39. The van der Waals surface area contributed by atoms with Gasteiger partial charge in [-0.1, -0.05) is 37.3 Å². The zero-order chi connectivity index (χ0) is 15.2. The highest BCUT2D eigenvalue weighted by molar-refractivity contribution is 5.80. The number of aliphatic hydroxyl groups excluding tert-OH is 1. The van der Waals surface area contributed by atoms with E-state index in [1.807, 2.05) is 31.2 Å². The van der Waals surface area contributed by atoms with Crippen LogP contribution >= 0.6 is 0 Å². The molecule has 2 rings (SSSR count). The van der Waals surface area contributed by atoms with Gasteiger partial charge < -0.3 is 15.3 Å². The van der Waals surface area contributed by atoms with Crippen molar-refractivity contribution in [2.24, 2.45) is 5.92 Å². The van der Waals surface area contributed by atoms with Gasteiger partial charge in [-0.05, 0) is 53.3 Å². The summed E-state index contributed by atoms with van der Waals surface area (Å²) in [5.74, 6) is 0.647. The van der Waals surface area contributed by atoms with Gasteiger partial charge in [-0.25, -0.2) is 0 Å². The van der Waals surface area contributed by atoms with Crippen LogP contribution in [0.5, 0.6) is 11.5 Å². The van der Waals surface area contributed by atoms with Crippen molar-refractivity contribution in [1.29, 1.82) is 0 Å². The lowest BCUT2D eigenvalue weighted by atomic mass is 9.95. The van der Waals surface area contributed by atoms with Crippen molar-refractivity contribution in [3.63, 3.8) is 0 Å². The minimum Gasteiger partial charge on any atom is -0.508 e. The fourth-order valence-corrected chi connectivity index (χ4v) is 2.08. The van der Waals surface area contributed by atoms with Gasteiger partial charge in [-0.3, -0.25) is 0 Å². The summed E-state index contributed by atoms with van der Waals surface area (Å²) in [6.07, 6.45) is 2.84. The molecule has 0 aliphatic rings. The smallest absolute Gasteiger partial charge is 0.115 e. The average molecular weight is 284 g/mol. The first-order valence-electron chi connectivity index (χ1n) is 7.00. The number of benzene rings is 2. The molecule has 0 saturated heterocycles. The van der Waals surface area contributed by atoms with E-state index in [1.165, 1.54) is 0 Å². The molecule has 0 spiro atoms. The molecule has 2 aromatic carbocycles. The second-order valence-electron chi connectivity index (χ2n) is 5.23. The first kappa shape index (κ1) is 15.1. The Morgan fingerprint density at radius 3 is 1.71 bits per heavy atom. The summed E-state index contributed by atoms with van der Waals surface area (Å²) in [7, 11) is 0. The van der Waals surface area contributed by atoms with Crippen molar-refractivity contribution in [3.8, 4) is 11.5 Å². The van der Waals surface area contributed by atoms with Crippen molar-refractivity contribution in [2.45, 2.75) is 13.3 Å². The first-order valence-corrected chi connectivity index (χ1v) is 7.00. The van der Waals surface area contributed by atoms with Crippen LogP contribution in [-0.4, -0.2) is 21.9 Å². The van der Waals surface area contributed by atoms with Gasteiger partial charge in [-0.2, -0.15) is 0 Å². The average Bonchev–Trinajstić information content (AvgIpc) is 2.50. The molecule has 0 fully saturated rings. The van der Waals surface area contributed by atoms with E-state index in [0.29, 0.717) is 0 Å². The van der Waals surface area contributed by atoms with Crippen LogP contribution in [0.15, 0.2) is 54.6 Å². The Morgan fingerprint density at radius 2 is 1.33 bits per heavy atom. The molecule has 2 aromatic rings. The molecule has 0 bridgehead atoms. The summed E-state index contributed by atoms with van der Waals surface area (Å²) in [6, 6.07) is 14.0. The molecule has 3 heteroatoms. The monoisotopic (exact) mass is 284 g/mol. The number of phenolic OH excluding ortho intramolecular Hbond substituents is 2. The number of rotatable bonds is 5. The van der Waals surface area contributed by atoms with Crippen molar-refractivity contribution in [1.82, 2.24) is 0 Å². The van der Waals surface area contributed by atoms with Crippen LogP contribution in [0.3, 0.4) is 0 Å². The van der Waals surface area contributed by atoms with Crippen molar-refractivity contribution in [2.75, 3.05) is 6.61 Å². The summed E-state index contributed by atoms with van der Waals surface area (Å²) in [5, 5.41) is 28.0. The Kier molecular flexibility index (Phi) is 5.01. The van der Waals surface area contributed by atoms with E-state index >= 15 is 0 Å². The van der Waals surface area contributed by atoms with Crippen LogP contribution in [0, 0.1) is 5.92 Å². The number of allylic oxidation sites excluding steroid dienone is 1. The zero-order valence-electron chi connectivity index (χ0n) is 12.0. The third kappa shape index (κ3) is 4.10. The number of hydrogen-bond acceptors (Lipinski definition) is 3. The molecule has 0 radical (unpaired) electrons. The van der Waals surface area contributed by atoms with Gasteiger partial charge >= 0.3 is 0 Å². The molecule has 0 saturated carbocycles. The zero-order valence-corrected chi connectivity index (χ0v) is 12.0. The van der Waals surface area contributed by atoms with E-state index in [2.05, 4.69) is 6.08 Å². The number of aromatic hydroxyl groups is 2. The molecule has 3 nitrogen and oxygen atoms in total. The Balaban J connectivity index is 2.38. The molecule has 1 atom stereocenters. The maximum Gasteiger partial charge on any atom is 0.115 e. The molecule has 1 unspecified atom stereocenters. The van der Waals surface area contributed by atoms with E-state index in [9.17, 15) is 10.2 Å². The number of hydrogen-bond donors (Lipinski definition) is 3. The largest absolute Gasteiger partial charge is 0.508 e. The van der Waals surface area contributed by atoms with Crippen LogP contribution in [-0.2, 0) is 0 Å². The van der Waals surface area contributed by atoms with Crippen LogP contribution in [0.25, 0.3) is 5.57 Å². The highest BCUT2D eigenvalue weighted by atomic mass is 16.3. The fourth-order valence-electron chi connectivity index (χ4n) is 2.08. The van der Waals surface area contributed by atoms with Gasteiger partial charge in [0.2, 0.25) is 0 Å². The summed E-state index contributed by atoms with van der Waals surface area (Å²) < 4.78 is 0. The molecule has 0 amide bonds. The molecule has 21 heavy (non-hydrogen) atoms. The minimum absolute atomic E-state index is 0.148. The van der Waals surface area contributed by atoms with Crippen molar-refractivity contribution < 1.29 is 15.3 Å². The third-order valence-corrected chi connectivity index (χ3v) is 3.39. The lowest BCUT2D eigenvalue weighted by Gasteiger charge is -2.11. The van der Waals surface area contributed by atoms with Crippen molar-refractivity contribution >= 4 is 5.57 Å². The Morgan fingerprint density at radius 1 is 0.905 bits per heavy atom. The van der Waals surface area contributed by atoms with E-state index in [4.69, 9.17) is 5.11 Å². The van der Waals surface area contributed by atoms with Gasteiger partial charge in [0.25, 0.3) is 0 Å². The summed E-state index contributed by atoms with van der Waals surface area (Å²) in [5.41, 5.74) is 3.00. The summed E-state index contributed by atoms with van der Waals surface area (Å²) in [6.45, 7) is 2.14. The van der Waals surface area contributed by atoms with E-state index < -0.39 is 0 Å². The minimum atomic E-state index is 0.148. The van der Waals surface area contributed by atoms with Crippen molar-refractivity contribution in [3.05, 3.63) is 65.7 Å². The number of aliphatic hydroxyl groups is 1. The molecular formula is C18H20O3. The molecule has 0 aliphatic carbocycles. The predicted molar refractivity (Wildman–Crippen MR) is 84.2 cm³/mol. The normalized spacial score (nSPS) is 11.9. The second kappa shape index (κ2) is 6.95. The Labute approximate surface area is 124 Å². The molecule has 0 heterocycles. The van der Waals surface area contributed by atoms with Gasteiger partial charge in [0.1, 0.15) is 11.5 Å². The maximum atomic E-state index is 9.42. The van der Waals surface area contributed by atoms with Crippen LogP contribution in [0.4, 0.5) is 0 Å². The van der Waals surface area contributed by atoms with Crippen LogP contribution < -0.4 is 0 Å². The Hall–Kier alpha value is -2.26. The van der Waals surface area contributed by atoms with Crippen LogP contribution in [0.1, 0.15) is 24.5 Å². The topological polar surface area (TPSA) is 60.7 Å². The lowest BCUT2D eigenvalue weighted by Crippen LogP contribution is -1.99. The second-order valence-corrected chi connectivity index (χ2v) is 5.23. The lowest BCUT2D eigenvalue weighted by molar-refractivity contribution is 0.239. The van der Waals surface area contributed by atoms with Crippen LogP contribution in [0.2, 0.25) is 0 Å². The van der Waals surface area contributed by atoms with E-state index in [0.717, 1.165) is 23.1 Å². The molecule has 0 aliphatic heterocycles. The highest BCUT2D eigenvalue weighted by Crippen LogP contribution is 2.27. The molecule has 3 N–H and O–H groups in total. The fraction of sp³-hybridized carbons (Fsp3) is 0.222. The van der Waals surface area contributed by atoms with Gasteiger partial charge in [0.05, 0.1) is 0 Å². The van der Waals surface area contributed by atoms with Gasteiger partial charge in [0.15, 0.2) is 0 Å². The van der Waals surface area contributed by atoms with Gasteiger partial charge in [-0.15, -0.1) is 0 Å². The molecule has 110 valence electrons. The van der Waals surface area contributed by atoms with E-state index in [-0.39, 0.29) is 24.0 Å². The summed E-state index contributed by atoms with van der Waals surface area (Å²) in [4.78, 5) is 0. The number of phenols is 2. The standard InChI is InChI=1S/C18H20O3/c1-13(12-19)2-11-18(14-3-7-16(20)8-4-14)15-5-9-17(21)10-6-15/h3-11,13,19-21H,2,12H2,1H3. The quantitative estimate of drug-likeness (QED) is 0.787. The Bertz CT molecular complexity index is 550. The molecule has 0 aromatic heterocycles. The predicted octanol–water partition coefficient (Wildman–Crippen LogP) is 3.55. The van der Waals surface area contributed by atoms with Gasteiger partial charge in [0, 0.05) is 6.61 Å². The first-order chi connectivity index (χ1) is 10.1. The summed E-state index contributed by atoms with van der Waals surface area (Å²) >= 11 is 0. The van der Waals surface area contributed by atoms with E-state index in [1.54, 1.807) is 24.3 Å². The maximum absolute atomic E-state index is 9.42. The molecular weight excluding hydrogens is 264 g/mol.